The number of carbonyl (C=O) groups is 2. The van der Waals surface area contributed by atoms with Crippen LogP contribution in [0, 0.1) is 6.92 Å². The predicted octanol–water partition coefficient (Wildman–Crippen LogP) is 4.27. The average molecular weight is 453 g/mol. The molecule has 154 valence electrons. The van der Waals surface area contributed by atoms with Crippen LogP contribution in [0.15, 0.2) is 46.2 Å². The molecule has 6 nitrogen and oxygen atoms in total. The zero-order valence-electron chi connectivity index (χ0n) is 16.0. The summed E-state index contributed by atoms with van der Waals surface area (Å²) in [6.45, 7) is 3.80. The van der Waals surface area contributed by atoms with Gasteiger partial charge in [0, 0.05) is 33.7 Å². The van der Waals surface area contributed by atoms with Gasteiger partial charge in [0.15, 0.2) is 9.84 Å². The van der Waals surface area contributed by atoms with Crippen LogP contribution in [-0.4, -0.2) is 31.2 Å². The summed E-state index contributed by atoms with van der Waals surface area (Å²) in [5.41, 5.74) is 1.89. The molecule has 1 heterocycles. The molecule has 0 saturated carbocycles. The second kappa shape index (κ2) is 8.77. The van der Waals surface area contributed by atoms with Crippen molar-refractivity contribution < 1.29 is 18.0 Å². The van der Waals surface area contributed by atoms with Gasteiger partial charge >= 0.3 is 0 Å². The van der Waals surface area contributed by atoms with E-state index in [0.717, 1.165) is 10.5 Å². The molecule has 0 saturated heterocycles. The normalized spacial score (nSPS) is 16.5. The molecule has 2 N–H and O–H groups in total. The van der Waals surface area contributed by atoms with E-state index < -0.39 is 15.7 Å². The minimum atomic E-state index is -3.69. The third-order valence-corrected chi connectivity index (χ3v) is 7.74. The van der Waals surface area contributed by atoms with Gasteiger partial charge < -0.3 is 10.6 Å². The van der Waals surface area contributed by atoms with Gasteiger partial charge in [-0.2, -0.15) is 0 Å². The second-order valence-corrected chi connectivity index (χ2v) is 10.9. The van der Waals surface area contributed by atoms with E-state index in [4.69, 9.17) is 11.6 Å². The van der Waals surface area contributed by atoms with Gasteiger partial charge in [-0.05, 0) is 42.8 Å². The van der Waals surface area contributed by atoms with Crippen molar-refractivity contribution in [3.8, 4) is 0 Å². The van der Waals surface area contributed by atoms with Crippen molar-refractivity contribution >= 4 is 56.4 Å². The number of carbonyl (C=O) groups excluding carboxylic acids is 2. The van der Waals surface area contributed by atoms with Crippen molar-refractivity contribution in [2.24, 2.45) is 0 Å². The van der Waals surface area contributed by atoms with Crippen LogP contribution in [0.1, 0.15) is 25.3 Å². The Hall–Kier alpha value is -2.03. The average Bonchev–Trinajstić information content (AvgIpc) is 2.78. The van der Waals surface area contributed by atoms with Crippen LogP contribution in [0.3, 0.4) is 0 Å². The number of nitrogens with one attached hydrogen (secondary N) is 2. The Kier molecular flexibility index (Phi) is 6.55. The molecule has 0 aliphatic carbocycles. The molecule has 1 atom stereocenters. The van der Waals surface area contributed by atoms with E-state index in [9.17, 15) is 18.0 Å². The topological polar surface area (TPSA) is 92.3 Å². The maximum Gasteiger partial charge on any atom is 0.225 e. The van der Waals surface area contributed by atoms with Crippen LogP contribution < -0.4 is 10.6 Å². The fourth-order valence-corrected chi connectivity index (χ4v) is 5.36. The summed E-state index contributed by atoms with van der Waals surface area (Å²) < 4.78 is 25.4. The van der Waals surface area contributed by atoms with E-state index in [2.05, 4.69) is 10.6 Å². The van der Waals surface area contributed by atoms with Crippen molar-refractivity contribution in [2.45, 2.75) is 41.7 Å². The number of halogens is 1. The third kappa shape index (κ3) is 5.52. The molecule has 0 aromatic heterocycles. The number of thioether (sulfide) groups is 1. The third-order valence-electron chi connectivity index (χ3n) is 4.44. The van der Waals surface area contributed by atoms with Crippen LogP contribution in [-0.2, 0) is 19.4 Å². The highest BCUT2D eigenvalue weighted by molar-refractivity contribution is 8.00. The number of hydrogen-bond acceptors (Lipinski definition) is 5. The summed E-state index contributed by atoms with van der Waals surface area (Å²) in [7, 11) is -3.69. The number of fused-ring (bicyclic) bond motifs is 1. The number of hydrogen-bond donors (Lipinski definition) is 2. The van der Waals surface area contributed by atoms with E-state index in [0.29, 0.717) is 22.8 Å². The minimum absolute atomic E-state index is 0.0814. The maximum atomic E-state index is 12.7. The Morgan fingerprint density at radius 2 is 2.03 bits per heavy atom. The van der Waals surface area contributed by atoms with Crippen molar-refractivity contribution in [2.75, 3.05) is 16.4 Å². The monoisotopic (exact) mass is 452 g/mol. The zero-order chi connectivity index (χ0) is 21.2. The van der Waals surface area contributed by atoms with Gasteiger partial charge in [0.1, 0.15) is 0 Å². The van der Waals surface area contributed by atoms with E-state index in [1.54, 1.807) is 24.3 Å². The number of benzene rings is 2. The smallest absolute Gasteiger partial charge is 0.225 e. The summed E-state index contributed by atoms with van der Waals surface area (Å²) in [5, 5.41) is 6.04. The van der Waals surface area contributed by atoms with Gasteiger partial charge in [-0.25, -0.2) is 8.42 Å². The Bertz CT molecular complexity index is 1070. The van der Waals surface area contributed by atoms with Crippen LogP contribution in [0.25, 0.3) is 0 Å². The summed E-state index contributed by atoms with van der Waals surface area (Å²) in [6, 6.07) is 9.79. The maximum absolute atomic E-state index is 12.7. The molecule has 0 spiro atoms. The second-order valence-electron chi connectivity index (χ2n) is 6.92. The first-order valence-corrected chi connectivity index (χ1v) is 11.9. The number of sulfone groups is 1. The SMILES string of the molecule is Cc1ccc(NC(=O)CCS(=O)(=O)c2ccc3c(c2)NC(=O)C[C@H](C)S3)cc1Cl. The molecule has 2 amide bonds. The lowest BCUT2D eigenvalue weighted by atomic mass is 10.2. The first-order valence-electron chi connectivity index (χ1n) is 9.03. The quantitative estimate of drug-likeness (QED) is 0.706. The highest BCUT2D eigenvalue weighted by Gasteiger charge is 2.23. The van der Waals surface area contributed by atoms with Gasteiger partial charge in [0.2, 0.25) is 11.8 Å². The Morgan fingerprint density at radius 1 is 1.28 bits per heavy atom. The Labute approximate surface area is 179 Å². The van der Waals surface area contributed by atoms with Gasteiger partial charge in [0.25, 0.3) is 0 Å². The van der Waals surface area contributed by atoms with E-state index in [1.807, 2.05) is 13.8 Å². The number of aryl methyl sites for hydroxylation is 1. The molecule has 3 rings (SSSR count). The largest absolute Gasteiger partial charge is 0.326 e. The minimum Gasteiger partial charge on any atom is -0.326 e. The number of rotatable bonds is 5. The molecule has 9 heteroatoms. The molecule has 2 aromatic carbocycles. The molecule has 0 radical (unpaired) electrons. The first-order chi connectivity index (χ1) is 13.6. The lowest BCUT2D eigenvalue weighted by Gasteiger charge is -2.11. The molecule has 0 bridgehead atoms. The van der Waals surface area contributed by atoms with Gasteiger partial charge in [-0.15, -0.1) is 11.8 Å². The Morgan fingerprint density at radius 3 is 2.76 bits per heavy atom. The molecule has 29 heavy (non-hydrogen) atoms. The van der Waals surface area contributed by atoms with Gasteiger partial charge in [-0.3, -0.25) is 9.59 Å². The van der Waals surface area contributed by atoms with Gasteiger partial charge in [0.05, 0.1) is 16.3 Å². The summed E-state index contributed by atoms with van der Waals surface area (Å²) >= 11 is 7.56. The fraction of sp³-hybridized carbons (Fsp3) is 0.300. The molecular weight excluding hydrogens is 432 g/mol. The summed E-state index contributed by atoms with van der Waals surface area (Å²) in [6.07, 6.45) is 0.174. The molecule has 1 aliphatic rings. The lowest BCUT2D eigenvalue weighted by Crippen LogP contribution is -2.18. The van der Waals surface area contributed by atoms with Crippen LogP contribution in [0.5, 0.6) is 0 Å². The molecule has 0 unspecified atom stereocenters. The number of amides is 2. The highest BCUT2D eigenvalue weighted by atomic mass is 35.5. The summed E-state index contributed by atoms with van der Waals surface area (Å²) in [5.74, 6) is -0.898. The Balaban J connectivity index is 1.68. The fourth-order valence-electron chi connectivity index (χ4n) is 2.86. The van der Waals surface area contributed by atoms with E-state index in [-0.39, 0.29) is 28.2 Å². The van der Waals surface area contributed by atoms with Crippen molar-refractivity contribution in [3.63, 3.8) is 0 Å². The van der Waals surface area contributed by atoms with Crippen LogP contribution in [0.4, 0.5) is 11.4 Å². The molecular formula is C20H21ClN2O4S2. The molecule has 2 aromatic rings. The zero-order valence-corrected chi connectivity index (χ0v) is 18.4. The number of anilines is 2. The van der Waals surface area contributed by atoms with Crippen molar-refractivity contribution in [1.82, 2.24) is 0 Å². The van der Waals surface area contributed by atoms with E-state index in [1.165, 1.54) is 23.9 Å². The lowest BCUT2D eigenvalue weighted by molar-refractivity contribution is -0.116. The molecule has 0 fully saturated rings. The van der Waals surface area contributed by atoms with E-state index >= 15 is 0 Å². The van der Waals surface area contributed by atoms with Crippen LogP contribution >= 0.6 is 23.4 Å². The van der Waals surface area contributed by atoms with Crippen molar-refractivity contribution in [3.05, 3.63) is 47.0 Å². The molecule has 1 aliphatic heterocycles. The standard InChI is InChI=1S/C20H21ClN2O4S2/c1-12-3-4-14(10-16(12)21)22-19(24)7-8-29(26,27)15-5-6-18-17(11-15)23-20(25)9-13(2)28-18/h3-6,10-11,13H,7-9H2,1-2H3,(H,22,24)(H,23,25)/t13-/m0/s1. The van der Waals surface area contributed by atoms with Crippen LogP contribution in [0.2, 0.25) is 5.02 Å². The van der Waals surface area contributed by atoms with Crippen molar-refractivity contribution in [1.29, 1.82) is 0 Å². The predicted molar refractivity (Wildman–Crippen MR) is 116 cm³/mol. The van der Waals surface area contributed by atoms with Gasteiger partial charge in [-0.1, -0.05) is 24.6 Å². The summed E-state index contributed by atoms with van der Waals surface area (Å²) in [4.78, 5) is 25.0. The highest BCUT2D eigenvalue weighted by Crippen LogP contribution is 2.36. The first kappa shape index (κ1) is 21.7.